The number of anilines is 1. The molecule has 0 bridgehead atoms. The normalized spacial score (nSPS) is 11.2. The molecule has 0 aliphatic carbocycles. The first-order chi connectivity index (χ1) is 14.9. The van der Waals surface area contributed by atoms with Crippen LogP contribution in [-0.2, 0) is 4.79 Å². The molecule has 31 heavy (non-hydrogen) atoms. The molecule has 1 N–H and O–H groups in total. The molecule has 0 saturated carbocycles. The van der Waals surface area contributed by atoms with E-state index in [1.807, 2.05) is 0 Å². The molecule has 1 amide bonds. The topological polar surface area (TPSA) is 98.3 Å². The number of oxazole rings is 1. The fourth-order valence-corrected chi connectivity index (χ4v) is 3.20. The van der Waals surface area contributed by atoms with Gasteiger partial charge in [0.25, 0.3) is 5.69 Å². The van der Waals surface area contributed by atoms with Crippen molar-refractivity contribution in [2.75, 3.05) is 5.32 Å². The zero-order valence-electron chi connectivity index (χ0n) is 15.7. The van der Waals surface area contributed by atoms with Gasteiger partial charge in [-0.2, -0.15) is 0 Å². The van der Waals surface area contributed by atoms with Gasteiger partial charge in [0, 0.05) is 28.4 Å². The lowest BCUT2D eigenvalue weighted by atomic mass is 10.2. The first kappa shape index (κ1) is 20.6. The average Bonchev–Trinajstić information content (AvgIpc) is 3.16. The highest BCUT2D eigenvalue weighted by atomic mass is 35.5. The second kappa shape index (κ2) is 8.59. The number of rotatable bonds is 5. The number of hydrogen-bond acceptors (Lipinski definition) is 5. The monoisotopic (exact) mass is 453 g/mol. The van der Waals surface area contributed by atoms with Crippen molar-refractivity contribution in [2.45, 2.75) is 0 Å². The Morgan fingerprint density at radius 3 is 2.58 bits per heavy atom. The van der Waals surface area contributed by atoms with Gasteiger partial charge in [0.15, 0.2) is 5.58 Å². The molecule has 3 aromatic carbocycles. The molecule has 0 unspecified atom stereocenters. The first-order valence-corrected chi connectivity index (χ1v) is 9.74. The summed E-state index contributed by atoms with van der Waals surface area (Å²) >= 11 is 11.8. The van der Waals surface area contributed by atoms with Gasteiger partial charge in [-0.25, -0.2) is 4.98 Å². The predicted molar refractivity (Wildman–Crippen MR) is 120 cm³/mol. The lowest BCUT2D eigenvalue weighted by molar-refractivity contribution is -0.384. The van der Waals surface area contributed by atoms with Gasteiger partial charge < -0.3 is 9.73 Å². The van der Waals surface area contributed by atoms with E-state index >= 15 is 0 Å². The summed E-state index contributed by atoms with van der Waals surface area (Å²) in [7, 11) is 0. The summed E-state index contributed by atoms with van der Waals surface area (Å²) in [6, 6.07) is 16.5. The van der Waals surface area contributed by atoms with E-state index in [1.165, 1.54) is 24.3 Å². The number of fused-ring (bicyclic) bond motifs is 1. The Labute approximate surface area is 186 Å². The predicted octanol–water partition coefficient (Wildman–Crippen LogP) is 6.36. The third kappa shape index (κ3) is 4.74. The highest BCUT2D eigenvalue weighted by Gasteiger charge is 2.12. The van der Waals surface area contributed by atoms with Crippen molar-refractivity contribution in [3.63, 3.8) is 0 Å². The van der Waals surface area contributed by atoms with Crippen LogP contribution in [0.5, 0.6) is 0 Å². The number of hydrogen-bond donors (Lipinski definition) is 1. The third-order valence-corrected chi connectivity index (χ3v) is 4.90. The number of nitro groups is 1. The van der Waals surface area contributed by atoms with Crippen molar-refractivity contribution < 1.29 is 14.1 Å². The maximum atomic E-state index is 12.2. The number of amides is 1. The van der Waals surface area contributed by atoms with Crippen LogP contribution in [0.4, 0.5) is 11.4 Å². The largest absolute Gasteiger partial charge is 0.436 e. The Balaban J connectivity index is 1.45. The van der Waals surface area contributed by atoms with E-state index in [1.54, 1.807) is 48.5 Å². The minimum Gasteiger partial charge on any atom is -0.436 e. The number of carbonyl (C=O) groups excluding carboxylic acids is 1. The standard InChI is InChI=1S/C22H13Cl2N3O4/c23-15-5-9-20-18(12-15)26-22(31-20)14-3-6-16(7-4-14)25-21(28)10-2-13-1-8-17(24)19(11-13)27(29)30/h1-12H,(H,25,28). The molecule has 0 fully saturated rings. The van der Waals surface area contributed by atoms with Gasteiger partial charge >= 0.3 is 0 Å². The molecule has 154 valence electrons. The van der Waals surface area contributed by atoms with E-state index < -0.39 is 4.92 Å². The molecular formula is C22H13Cl2N3O4. The van der Waals surface area contributed by atoms with E-state index in [4.69, 9.17) is 27.6 Å². The van der Waals surface area contributed by atoms with Crippen molar-refractivity contribution in [2.24, 2.45) is 0 Å². The van der Waals surface area contributed by atoms with Crippen LogP contribution in [0.2, 0.25) is 10.0 Å². The molecule has 0 spiro atoms. The Kier molecular flexibility index (Phi) is 5.70. The minimum absolute atomic E-state index is 0.0359. The summed E-state index contributed by atoms with van der Waals surface area (Å²) in [6.45, 7) is 0. The highest BCUT2D eigenvalue weighted by molar-refractivity contribution is 6.32. The van der Waals surface area contributed by atoms with E-state index in [0.717, 1.165) is 5.56 Å². The number of aromatic nitrogens is 1. The number of nitrogens with zero attached hydrogens (tertiary/aromatic N) is 2. The maximum Gasteiger partial charge on any atom is 0.288 e. The van der Waals surface area contributed by atoms with Crippen LogP contribution in [0, 0.1) is 10.1 Å². The van der Waals surface area contributed by atoms with Crippen molar-refractivity contribution in [3.05, 3.63) is 92.5 Å². The summed E-state index contributed by atoms with van der Waals surface area (Å²) in [6.07, 6.45) is 2.75. The van der Waals surface area contributed by atoms with Gasteiger partial charge in [-0.3, -0.25) is 14.9 Å². The van der Waals surface area contributed by atoms with E-state index in [2.05, 4.69) is 10.3 Å². The molecule has 7 nitrogen and oxygen atoms in total. The van der Waals surface area contributed by atoms with Crippen LogP contribution in [0.3, 0.4) is 0 Å². The average molecular weight is 454 g/mol. The zero-order chi connectivity index (χ0) is 22.0. The van der Waals surface area contributed by atoms with Gasteiger partial charge in [0.05, 0.1) is 4.92 Å². The van der Waals surface area contributed by atoms with Crippen LogP contribution in [0.15, 0.2) is 71.2 Å². The fraction of sp³-hybridized carbons (Fsp3) is 0. The molecule has 9 heteroatoms. The van der Waals surface area contributed by atoms with Crippen LogP contribution in [0.1, 0.15) is 5.56 Å². The van der Waals surface area contributed by atoms with Gasteiger partial charge in [-0.15, -0.1) is 0 Å². The maximum absolute atomic E-state index is 12.2. The summed E-state index contributed by atoms with van der Waals surface area (Å²) in [4.78, 5) is 27.0. The molecule has 0 aliphatic heterocycles. The number of benzene rings is 3. The molecular weight excluding hydrogens is 441 g/mol. The highest BCUT2D eigenvalue weighted by Crippen LogP contribution is 2.27. The summed E-state index contributed by atoms with van der Waals surface area (Å²) in [5.74, 6) is 0.0567. The lowest BCUT2D eigenvalue weighted by Crippen LogP contribution is -2.07. The Morgan fingerprint density at radius 1 is 1.06 bits per heavy atom. The van der Waals surface area contributed by atoms with Crippen LogP contribution in [-0.4, -0.2) is 15.8 Å². The van der Waals surface area contributed by atoms with Gasteiger partial charge in [0.1, 0.15) is 10.5 Å². The molecule has 0 atom stereocenters. The minimum atomic E-state index is -0.577. The molecule has 0 saturated heterocycles. The molecule has 1 aromatic heterocycles. The van der Waals surface area contributed by atoms with Crippen molar-refractivity contribution in [3.8, 4) is 11.5 Å². The van der Waals surface area contributed by atoms with Crippen molar-refractivity contribution in [1.82, 2.24) is 4.98 Å². The molecule has 1 heterocycles. The van der Waals surface area contributed by atoms with Gasteiger partial charge in [-0.1, -0.05) is 29.3 Å². The fourth-order valence-electron chi connectivity index (χ4n) is 2.85. The first-order valence-electron chi connectivity index (χ1n) is 8.98. The zero-order valence-corrected chi connectivity index (χ0v) is 17.2. The number of nitro benzene ring substituents is 1. The molecule has 4 aromatic rings. The van der Waals surface area contributed by atoms with E-state index in [9.17, 15) is 14.9 Å². The molecule has 0 aliphatic rings. The number of nitrogens with one attached hydrogen (secondary N) is 1. The second-order valence-electron chi connectivity index (χ2n) is 6.50. The van der Waals surface area contributed by atoms with Gasteiger partial charge in [-0.05, 0) is 60.2 Å². The van der Waals surface area contributed by atoms with Gasteiger partial charge in [0.2, 0.25) is 11.8 Å². The summed E-state index contributed by atoms with van der Waals surface area (Å²) in [5.41, 5.74) is 2.87. The van der Waals surface area contributed by atoms with Crippen molar-refractivity contribution in [1.29, 1.82) is 0 Å². The smallest absolute Gasteiger partial charge is 0.288 e. The Bertz CT molecular complexity index is 1330. The van der Waals surface area contributed by atoms with Crippen LogP contribution < -0.4 is 5.32 Å². The SMILES string of the molecule is O=C(C=Cc1ccc(Cl)c([N+](=O)[O-])c1)Nc1ccc(-c2nc3cc(Cl)ccc3o2)cc1. The Morgan fingerprint density at radius 2 is 1.84 bits per heavy atom. The lowest BCUT2D eigenvalue weighted by Gasteiger charge is -2.03. The van der Waals surface area contributed by atoms with E-state index in [0.29, 0.717) is 33.3 Å². The third-order valence-electron chi connectivity index (χ3n) is 4.34. The quantitative estimate of drug-likeness (QED) is 0.215. The number of halogens is 2. The summed E-state index contributed by atoms with van der Waals surface area (Å²) in [5, 5.41) is 14.3. The molecule has 4 rings (SSSR count). The molecule has 0 radical (unpaired) electrons. The Hall–Kier alpha value is -3.68. The van der Waals surface area contributed by atoms with E-state index in [-0.39, 0.29) is 16.6 Å². The second-order valence-corrected chi connectivity index (χ2v) is 7.34. The van der Waals surface area contributed by atoms with Crippen LogP contribution >= 0.6 is 23.2 Å². The summed E-state index contributed by atoms with van der Waals surface area (Å²) < 4.78 is 5.73. The van der Waals surface area contributed by atoms with Crippen molar-refractivity contribution >= 4 is 57.7 Å². The van der Waals surface area contributed by atoms with Crippen LogP contribution in [0.25, 0.3) is 28.6 Å². The number of carbonyl (C=O) groups is 1.